The molecule has 0 radical (unpaired) electrons. The number of carbonyl (C=O) groups excluding carboxylic acids is 1. The van der Waals surface area contributed by atoms with Crippen LogP contribution in [0.4, 0.5) is 0 Å². The Balaban J connectivity index is 1.73. The zero-order valence-electron chi connectivity index (χ0n) is 17.0. The van der Waals surface area contributed by atoms with Crippen LogP contribution in [0.2, 0.25) is 0 Å². The minimum absolute atomic E-state index is 0.00506. The largest absolute Gasteiger partial charge is 0.376 e. The molecule has 27 heavy (non-hydrogen) atoms. The van der Waals surface area contributed by atoms with E-state index in [-0.39, 0.29) is 30.0 Å². The van der Waals surface area contributed by atoms with Gasteiger partial charge in [-0.2, -0.15) is 5.26 Å². The van der Waals surface area contributed by atoms with Crippen molar-refractivity contribution in [3.05, 3.63) is 0 Å². The number of ether oxygens (including phenoxy) is 1. The maximum atomic E-state index is 11.7. The monoisotopic (exact) mass is 376 g/mol. The number of rotatable bonds is 5. The summed E-state index contributed by atoms with van der Waals surface area (Å²) in [6.45, 7) is 7.31. The zero-order chi connectivity index (χ0) is 19.4. The van der Waals surface area contributed by atoms with Crippen molar-refractivity contribution in [2.24, 2.45) is 17.8 Å². The number of fused-ring (bicyclic) bond motifs is 1. The number of hydrogen-bond acceptors (Lipinski definition) is 5. The van der Waals surface area contributed by atoms with E-state index in [1.54, 1.807) is 6.92 Å². The summed E-state index contributed by atoms with van der Waals surface area (Å²) >= 11 is 0. The van der Waals surface area contributed by atoms with Gasteiger partial charge in [0.1, 0.15) is 0 Å². The van der Waals surface area contributed by atoms with Crippen molar-refractivity contribution in [3.63, 3.8) is 0 Å². The molecule has 0 aromatic rings. The lowest BCUT2D eigenvalue weighted by atomic mass is 9.69. The first-order valence-electron chi connectivity index (χ1n) is 10.8. The van der Waals surface area contributed by atoms with Gasteiger partial charge < -0.3 is 20.7 Å². The van der Waals surface area contributed by atoms with Gasteiger partial charge in [-0.25, -0.2) is 0 Å². The summed E-state index contributed by atoms with van der Waals surface area (Å²) in [6.07, 6.45) is 6.75. The van der Waals surface area contributed by atoms with Gasteiger partial charge in [0, 0.05) is 38.2 Å². The molecule has 3 rings (SSSR count). The standard InChI is InChI=1S/C21H36N4O2/c1-4-27-20-10-18-17(9-19(20)24-14(3)26)21(15(11-22)12-23-18)25-16-7-5-13(2)6-8-16/h13,15-21,23,25H,4-10,12H2,1-3H3,(H,24,26). The fourth-order valence-electron chi connectivity index (χ4n) is 5.41. The fourth-order valence-corrected chi connectivity index (χ4v) is 5.41. The van der Waals surface area contributed by atoms with Gasteiger partial charge >= 0.3 is 0 Å². The van der Waals surface area contributed by atoms with Crippen LogP contribution in [0, 0.1) is 29.1 Å². The van der Waals surface area contributed by atoms with E-state index in [4.69, 9.17) is 4.74 Å². The van der Waals surface area contributed by atoms with Gasteiger partial charge in [-0.3, -0.25) is 4.79 Å². The summed E-state index contributed by atoms with van der Waals surface area (Å²) in [5.74, 6) is 1.14. The highest BCUT2D eigenvalue weighted by Crippen LogP contribution is 2.36. The summed E-state index contributed by atoms with van der Waals surface area (Å²) < 4.78 is 5.96. The molecule has 0 bridgehead atoms. The van der Waals surface area contributed by atoms with Crippen LogP contribution < -0.4 is 16.0 Å². The Morgan fingerprint density at radius 3 is 2.63 bits per heavy atom. The van der Waals surface area contributed by atoms with Gasteiger partial charge in [0.2, 0.25) is 5.91 Å². The summed E-state index contributed by atoms with van der Waals surface area (Å²) in [7, 11) is 0. The van der Waals surface area contributed by atoms with Crippen LogP contribution in [-0.4, -0.2) is 49.3 Å². The Morgan fingerprint density at radius 2 is 2.00 bits per heavy atom. The highest BCUT2D eigenvalue weighted by molar-refractivity contribution is 5.73. The summed E-state index contributed by atoms with van der Waals surface area (Å²) in [6, 6.07) is 3.62. The van der Waals surface area contributed by atoms with E-state index >= 15 is 0 Å². The molecule has 3 aliphatic rings. The van der Waals surface area contributed by atoms with E-state index in [1.165, 1.54) is 25.7 Å². The highest BCUT2D eigenvalue weighted by Gasteiger charge is 2.47. The lowest BCUT2D eigenvalue weighted by Gasteiger charge is -2.50. The normalized spacial score (nSPS) is 42.0. The first-order valence-corrected chi connectivity index (χ1v) is 10.8. The van der Waals surface area contributed by atoms with Gasteiger partial charge in [-0.05, 0) is 57.3 Å². The van der Waals surface area contributed by atoms with Crippen molar-refractivity contribution in [2.45, 2.75) is 89.6 Å². The second-order valence-corrected chi connectivity index (χ2v) is 8.84. The Bertz CT molecular complexity index is 541. The molecule has 0 spiro atoms. The third kappa shape index (κ3) is 5.01. The number of nitrogens with one attached hydrogen (secondary N) is 3. The van der Waals surface area contributed by atoms with E-state index in [2.05, 4.69) is 28.9 Å². The quantitative estimate of drug-likeness (QED) is 0.683. The van der Waals surface area contributed by atoms with Gasteiger partial charge in [-0.1, -0.05) is 6.92 Å². The molecule has 1 saturated heterocycles. The molecule has 2 saturated carbocycles. The van der Waals surface area contributed by atoms with E-state index in [0.29, 0.717) is 24.6 Å². The number of nitriles is 1. The van der Waals surface area contributed by atoms with Crippen molar-refractivity contribution in [3.8, 4) is 6.07 Å². The molecule has 1 heterocycles. The van der Waals surface area contributed by atoms with Gasteiger partial charge in [0.15, 0.2) is 0 Å². The number of piperidine rings is 1. The van der Waals surface area contributed by atoms with Crippen molar-refractivity contribution in [1.82, 2.24) is 16.0 Å². The van der Waals surface area contributed by atoms with E-state index < -0.39 is 0 Å². The van der Waals surface area contributed by atoms with E-state index in [9.17, 15) is 10.1 Å². The van der Waals surface area contributed by atoms with Crippen LogP contribution in [0.1, 0.15) is 59.3 Å². The Hall–Kier alpha value is -1.16. The molecule has 6 heteroatoms. The van der Waals surface area contributed by atoms with Crippen LogP contribution in [0.25, 0.3) is 0 Å². The van der Waals surface area contributed by atoms with Crippen molar-refractivity contribution in [1.29, 1.82) is 5.26 Å². The first kappa shape index (κ1) is 20.6. The van der Waals surface area contributed by atoms with Crippen LogP contribution in [0.3, 0.4) is 0 Å². The molecule has 0 aromatic heterocycles. The van der Waals surface area contributed by atoms with Crippen LogP contribution in [0.15, 0.2) is 0 Å². The molecule has 1 amide bonds. The van der Waals surface area contributed by atoms with Gasteiger partial charge in [0.05, 0.1) is 24.1 Å². The highest BCUT2D eigenvalue weighted by atomic mass is 16.5. The minimum atomic E-state index is -0.0211. The third-order valence-corrected chi connectivity index (χ3v) is 6.85. The van der Waals surface area contributed by atoms with Crippen LogP contribution >= 0.6 is 0 Å². The lowest BCUT2D eigenvalue weighted by molar-refractivity contribution is -0.122. The number of hydrogen-bond donors (Lipinski definition) is 3. The molecular formula is C21H36N4O2. The van der Waals surface area contributed by atoms with Gasteiger partial charge in [0.25, 0.3) is 0 Å². The second kappa shape index (κ2) is 9.36. The van der Waals surface area contributed by atoms with E-state index in [1.807, 2.05) is 6.92 Å². The lowest BCUT2D eigenvalue weighted by Crippen LogP contribution is -2.66. The molecular weight excluding hydrogens is 340 g/mol. The molecule has 0 aromatic carbocycles. The average Bonchev–Trinajstić information content (AvgIpc) is 2.64. The first-order chi connectivity index (χ1) is 13.0. The number of nitrogens with zero attached hydrogens (tertiary/aromatic N) is 1. The minimum Gasteiger partial charge on any atom is -0.376 e. The average molecular weight is 377 g/mol. The predicted octanol–water partition coefficient (Wildman–Crippen LogP) is 1.95. The number of carbonyl (C=O) groups is 1. The SMILES string of the molecule is CCOC1CC2NCC(C#N)C(NC3CCC(C)CC3)C2CC1NC(C)=O. The Morgan fingerprint density at radius 1 is 1.26 bits per heavy atom. The summed E-state index contributed by atoms with van der Waals surface area (Å²) in [4.78, 5) is 11.7. The van der Waals surface area contributed by atoms with Crippen molar-refractivity contribution in [2.75, 3.05) is 13.2 Å². The van der Waals surface area contributed by atoms with Crippen LogP contribution in [-0.2, 0) is 9.53 Å². The van der Waals surface area contributed by atoms with E-state index in [0.717, 1.165) is 25.3 Å². The molecule has 3 N–H and O–H groups in total. The zero-order valence-corrected chi connectivity index (χ0v) is 17.0. The molecule has 152 valence electrons. The summed E-state index contributed by atoms with van der Waals surface area (Å²) in [5.41, 5.74) is 0. The maximum Gasteiger partial charge on any atom is 0.217 e. The Kier molecular flexibility index (Phi) is 7.13. The van der Waals surface area contributed by atoms with Crippen LogP contribution in [0.5, 0.6) is 0 Å². The summed E-state index contributed by atoms with van der Waals surface area (Å²) in [5, 5.41) is 20.3. The smallest absolute Gasteiger partial charge is 0.217 e. The fraction of sp³-hybridized carbons (Fsp3) is 0.905. The number of amides is 1. The molecule has 3 fully saturated rings. The van der Waals surface area contributed by atoms with Crippen molar-refractivity contribution < 1.29 is 9.53 Å². The second-order valence-electron chi connectivity index (χ2n) is 8.84. The third-order valence-electron chi connectivity index (χ3n) is 6.85. The molecule has 1 aliphatic heterocycles. The molecule has 6 unspecified atom stereocenters. The predicted molar refractivity (Wildman–Crippen MR) is 105 cm³/mol. The molecule has 2 aliphatic carbocycles. The van der Waals surface area contributed by atoms with Gasteiger partial charge in [-0.15, -0.1) is 0 Å². The topological polar surface area (TPSA) is 86.2 Å². The Labute approximate surface area is 163 Å². The maximum absolute atomic E-state index is 11.7. The molecule has 6 nitrogen and oxygen atoms in total. The van der Waals surface area contributed by atoms with Crippen molar-refractivity contribution >= 4 is 5.91 Å². The molecule has 6 atom stereocenters.